The lowest BCUT2D eigenvalue weighted by atomic mass is 10.1. The largest absolute Gasteiger partial charge is 0.389 e. The Bertz CT molecular complexity index is 651. The molecule has 110 valence electrons. The Hall–Kier alpha value is -2.33. The Kier molecular flexibility index (Phi) is 4.60. The van der Waals surface area contributed by atoms with Crippen molar-refractivity contribution in [3.63, 3.8) is 0 Å². The second kappa shape index (κ2) is 6.41. The zero-order valence-electron chi connectivity index (χ0n) is 12.5. The number of nitrogens with one attached hydrogen (secondary N) is 2. The number of carbonyl (C=O) groups excluding carboxylic acids is 1. The molecule has 2 aromatic carbocycles. The summed E-state index contributed by atoms with van der Waals surface area (Å²) in [7, 11) is 0. The van der Waals surface area contributed by atoms with Crippen LogP contribution in [-0.4, -0.2) is 11.1 Å². The Morgan fingerprint density at radius 1 is 1.10 bits per heavy atom. The molecule has 0 radical (unpaired) electrons. The summed E-state index contributed by atoms with van der Waals surface area (Å²) in [5, 5.41) is 15.2. The fraction of sp³-hybridized carbons (Fsp3) is 0.235. The molecule has 2 amide bonds. The molecule has 1 unspecified atom stereocenters. The topological polar surface area (TPSA) is 61.4 Å². The van der Waals surface area contributed by atoms with E-state index >= 15 is 0 Å². The molecular weight excluding hydrogens is 264 g/mol. The van der Waals surface area contributed by atoms with Gasteiger partial charge in [-0.25, -0.2) is 4.79 Å². The highest BCUT2D eigenvalue weighted by molar-refractivity contribution is 6.00. The van der Waals surface area contributed by atoms with E-state index in [0.29, 0.717) is 5.69 Å². The molecule has 0 aliphatic carbocycles. The quantitative estimate of drug-likeness (QED) is 0.797. The molecule has 4 heteroatoms. The van der Waals surface area contributed by atoms with Crippen LogP contribution < -0.4 is 10.6 Å². The lowest BCUT2D eigenvalue weighted by Gasteiger charge is -2.12. The number of aliphatic hydroxyl groups is 1. The monoisotopic (exact) mass is 284 g/mol. The number of carbonyl (C=O) groups is 1. The van der Waals surface area contributed by atoms with Gasteiger partial charge in [-0.2, -0.15) is 0 Å². The molecule has 0 aliphatic rings. The number of anilines is 2. The van der Waals surface area contributed by atoms with E-state index in [2.05, 4.69) is 10.6 Å². The standard InChI is InChI=1S/C17H20N2O2/c1-11-6-4-9-16(12(11)2)19-17(21)18-15-8-5-7-14(10-15)13(3)20/h4-10,13,20H,1-3H3,(H2,18,19,21). The van der Waals surface area contributed by atoms with Gasteiger partial charge in [0.15, 0.2) is 0 Å². The Labute approximate surface area is 124 Å². The van der Waals surface area contributed by atoms with Crippen molar-refractivity contribution in [3.8, 4) is 0 Å². The van der Waals surface area contributed by atoms with Gasteiger partial charge in [-0.05, 0) is 55.7 Å². The van der Waals surface area contributed by atoms with Crippen LogP contribution in [0.4, 0.5) is 16.2 Å². The van der Waals surface area contributed by atoms with Crippen LogP contribution in [-0.2, 0) is 0 Å². The summed E-state index contributed by atoms with van der Waals surface area (Å²) in [6.07, 6.45) is -0.561. The molecule has 2 rings (SSSR count). The van der Waals surface area contributed by atoms with Gasteiger partial charge in [0.25, 0.3) is 0 Å². The van der Waals surface area contributed by atoms with Crippen molar-refractivity contribution in [2.24, 2.45) is 0 Å². The first-order valence-electron chi connectivity index (χ1n) is 6.89. The molecule has 0 aliphatic heterocycles. The van der Waals surface area contributed by atoms with Crippen LogP contribution in [0, 0.1) is 13.8 Å². The molecule has 0 aromatic heterocycles. The second-order valence-corrected chi connectivity index (χ2v) is 5.13. The van der Waals surface area contributed by atoms with Crippen molar-refractivity contribution >= 4 is 17.4 Å². The van der Waals surface area contributed by atoms with Crippen LogP contribution in [0.25, 0.3) is 0 Å². The molecule has 0 saturated carbocycles. The fourth-order valence-corrected chi connectivity index (χ4v) is 2.05. The minimum absolute atomic E-state index is 0.300. The van der Waals surface area contributed by atoms with Gasteiger partial charge < -0.3 is 15.7 Å². The van der Waals surface area contributed by atoms with Crippen LogP contribution >= 0.6 is 0 Å². The van der Waals surface area contributed by atoms with Crippen molar-refractivity contribution in [1.82, 2.24) is 0 Å². The zero-order valence-corrected chi connectivity index (χ0v) is 12.5. The summed E-state index contributed by atoms with van der Waals surface area (Å²) in [5.41, 5.74) is 4.38. The molecule has 0 saturated heterocycles. The van der Waals surface area contributed by atoms with Gasteiger partial charge in [0.05, 0.1) is 6.10 Å². The summed E-state index contributed by atoms with van der Waals surface area (Å²) in [6.45, 7) is 5.67. The smallest absolute Gasteiger partial charge is 0.323 e. The summed E-state index contributed by atoms with van der Waals surface area (Å²) in [4.78, 5) is 12.0. The van der Waals surface area contributed by atoms with E-state index in [9.17, 15) is 9.90 Å². The molecule has 2 aromatic rings. The SMILES string of the molecule is Cc1cccc(NC(=O)Nc2cccc(C(C)O)c2)c1C. The number of hydrogen-bond acceptors (Lipinski definition) is 2. The lowest BCUT2D eigenvalue weighted by Crippen LogP contribution is -2.20. The van der Waals surface area contributed by atoms with Gasteiger partial charge in [-0.15, -0.1) is 0 Å². The van der Waals surface area contributed by atoms with Gasteiger partial charge in [-0.1, -0.05) is 24.3 Å². The van der Waals surface area contributed by atoms with Gasteiger partial charge in [-0.3, -0.25) is 0 Å². The van der Waals surface area contributed by atoms with Crippen molar-refractivity contribution < 1.29 is 9.90 Å². The van der Waals surface area contributed by atoms with E-state index in [1.54, 1.807) is 25.1 Å². The van der Waals surface area contributed by atoms with E-state index in [-0.39, 0.29) is 6.03 Å². The highest BCUT2D eigenvalue weighted by atomic mass is 16.3. The molecule has 0 bridgehead atoms. The molecule has 0 spiro atoms. The fourth-order valence-electron chi connectivity index (χ4n) is 2.05. The summed E-state index contributed by atoms with van der Waals surface area (Å²) >= 11 is 0. The maximum atomic E-state index is 12.0. The van der Waals surface area contributed by atoms with E-state index in [1.807, 2.05) is 38.1 Å². The molecule has 3 N–H and O–H groups in total. The number of amides is 2. The average Bonchev–Trinajstić information content (AvgIpc) is 2.44. The first kappa shape index (κ1) is 15.1. The Morgan fingerprint density at radius 3 is 2.52 bits per heavy atom. The zero-order chi connectivity index (χ0) is 15.4. The lowest BCUT2D eigenvalue weighted by molar-refractivity contribution is 0.199. The van der Waals surface area contributed by atoms with E-state index in [0.717, 1.165) is 22.4 Å². The summed E-state index contributed by atoms with van der Waals surface area (Å²) in [6, 6.07) is 12.6. The maximum Gasteiger partial charge on any atom is 0.323 e. The van der Waals surface area contributed by atoms with E-state index in [1.165, 1.54) is 0 Å². The highest BCUT2D eigenvalue weighted by Crippen LogP contribution is 2.20. The molecule has 4 nitrogen and oxygen atoms in total. The van der Waals surface area contributed by atoms with Gasteiger partial charge >= 0.3 is 6.03 Å². The normalized spacial score (nSPS) is 11.8. The molecule has 0 fully saturated rings. The van der Waals surface area contributed by atoms with Gasteiger partial charge in [0, 0.05) is 11.4 Å². The van der Waals surface area contributed by atoms with Gasteiger partial charge in [0.2, 0.25) is 0 Å². The van der Waals surface area contributed by atoms with Crippen LogP contribution in [0.3, 0.4) is 0 Å². The van der Waals surface area contributed by atoms with E-state index < -0.39 is 6.10 Å². The molecule has 0 heterocycles. The predicted molar refractivity (Wildman–Crippen MR) is 85.6 cm³/mol. The third-order valence-electron chi connectivity index (χ3n) is 3.48. The van der Waals surface area contributed by atoms with Crippen molar-refractivity contribution in [1.29, 1.82) is 0 Å². The highest BCUT2D eigenvalue weighted by Gasteiger charge is 2.07. The third kappa shape index (κ3) is 3.83. The van der Waals surface area contributed by atoms with Crippen LogP contribution in [0.2, 0.25) is 0 Å². The predicted octanol–water partition coefficient (Wildman–Crippen LogP) is 4.00. The third-order valence-corrected chi connectivity index (χ3v) is 3.48. The number of aryl methyl sites for hydroxylation is 1. The Balaban J connectivity index is 2.08. The van der Waals surface area contributed by atoms with Crippen LogP contribution in [0.1, 0.15) is 29.7 Å². The minimum Gasteiger partial charge on any atom is -0.389 e. The second-order valence-electron chi connectivity index (χ2n) is 5.13. The first-order valence-corrected chi connectivity index (χ1v) is 6.89. The molecular formula is C17H20N2O2. The van der Waals surface area contributed by atoms with Crippen molar-refractivity contribution in [2.45, 2.75) is 26.9 Å². The van der Waals surface area contributed by atoms with Crippen LogP contribution in [0.5, 0.6) is 0 Å². The van der Waals surface area contributed by atoms with Gasteiger partial charge in [0.1, 0.15) is 0 Å². The van der Waals surface area contributed by atoms with Crippen LogP contribution in [0.15, 0.2) is 42.5 Å². The summed E-state index contributed by atoms with van der Waals surface area (Å²) in [5.74, 6) is 0. The number of urea groups is 1. The first-order chi connectivity index (χ1) is 9.97. The molecule has 1 atom stereocenters. The number of rotatable bonds is 3. The van der Waals surface area contributed by atoms with E-state index in [4.69, 9.17) is 0 Å². The Morgan fingerprint density at radius 2 is 1.81 bits per heavy atom. The minimum atomic E-state index is -0.561. The number of benzene rings is 2. The number of hydrogen-bond donors (Lipinski definition) is 3. The number of aliphatic hydroxyl groups excluding tert-OH is 1. The van der Waals surface area contributed by atoms with Crippen molar-refractivity contribution in [3.05, 3.63) is 59.2 Å². The maximum absolute atomic E-state index is 12.0. The summed E-state index contributed by atoms with van der Waals surface area (Å²) < 4.78 is 0. The van der Waals surface area contributed by atoms with Crippen molar-refractivity contribution in [2.75, 3.05) is 10.6 Å². The average molecular weight is 284 g/mol. The molecule has 21 heavy (non-hydrogen) atoms.